The predicted molar refractivity (Wildman–Crippen MR) is 83.8 cm³/mol. The van der Waals surface area contributed by atoms with Crippen molar-refractivity contribution in [2.75, 3.05) is 26.2 Å². The fourth-order valence-electron chi connectivity index (χ4n) is 2.68. The molecule has 0 spiro atoms. The maximum atomic E-state index is 8.61. The first-order valence-corrected chi connectivity index (χ1v) is 7.53. The van der Waals surface area contributed by atoms with Crippen LogP contribution < -0.4 is 10.5 Å². The number of hydrogen-bond acceptors (Lipinski definition) is 4. The van der Waals surface area contributed by atoms with Crippen LogP contribution in [0.25, 0.3) is 0 Å². The number of nitrogens with zero attached hydrogens (tertiary/aromatic N) is 2. The van der Waals surface area contributed by atoms with Gasteiger partial charge in [0.1, 0.15) is 12.4 Å². The molecule has 116 valence electrons. The highest BCUT2D eigenvalue weighted by atomic mass is 16.5. The van der Waals surface area contributed by atoms with Crippen LogP contribution in [0.15, 0.2) is 29.4 Å². The molecule has 5 heteroatoms. The van der Waals surface area contributed by atoms with E-state index in [1.165, 1.54) is 19.5 Å². The van der Waals surface area contributed by atoms with Gasteiger partial charge in [-0.05, 0) is 49.1 Å². The first-order valence-electron chi connectivity index (χ1n) is 7.53. The number of benzene rings is 1. The number of rotatable bonds is 6. The molecule has 1 heterocycles. The summed E-state index contributed by atoms with van der Waals surface area (Å²) < 4.78 is 5.75. The van der Waals surface area contributed by atoms with Gasteiger partial charge in [0.15, 0.2) is 5.84 Å². The molecule has 1 atom stereocenters. The lowest BCUT2D eigenvalue weighted by atomic mass is 9.95. The van der Waals surface area contributed by atoms with Gasteiger partial charge in [0.05, 0.1) is 0 Å². The molecule has 0 radical (unpaired) electrons. The van der Waals surface area contributed by atoms with Crippen molar-refractivity contribution in [1.29, 1.82) is 0 Å². The molecule has 1 aliphatic rings. The Hall–Kier alpha value is -1.75. The van der Waals surface area contributed by atoms with Crippen molar-refractivity contribution in [2.45, 2.75) is 20.3 Å². The lowest BCUT2D eigenvalue weighted by Crippen LogP contribution is -2.27. The summed E-state index contributed by atoms with van der Waals surface area (Å²) in [6.07, 6.45) is 1.30. The average molecular weight is 291 g/mol. The average Bonchev–Trinajstić information content (AvgIpc) is 2.96. The zero-order valence-corrected chi connectivity index (χ0v) is 12.8. The van der Waals surface area contributed by atoms with Gasteiger partial charge in [-0.2, -0.15) is 0 Å². The molecule has 1 fully saturated rings. The normalized spacial score (nSPS) is 20.1. The fourth-order valence-corrected chi connectivity index (χ4v) is 2.68. The first kappa shape index (κ1) is 15.6. The van der Waals surface area contributed by atoms with E-state index < -0.39 is 0 Å². The van der Waals surface area contributed by atoms with Gasteiger partial charge in [0, 0.05) is 18.7 Å². The minimum atomic E-state index is 0.110. The number of nitrogens with two attached hydrogens (primary N) is 1. The summed E-state index contributed by atoms with van der Waals surface area (Å²) in [5, 5.41) is 11.6. The summed E-state index contributed by atoms with van der Waals surface area (Å²) in [6.45, 7) is 8.61. The van der Waals surface area contributed by atoms with E-state index in [1.54, 1.807) is 12.1 Å². The molecule has 0 aromatic heterocycles. The molecule has 5 nitrogen and oxygen atoms in total. The van der Waals surface area contributed by atoms with E-state index in [4.69, 9.17) is 15.7 Å². The third-order valence-electron chi connectivity index (χ3n) is 4.19. The fraction of sp³-hybridized carbons (Fsp3) is 0.562. The van der Waals surface area contributed by atoms with Crippen molar-refractivity contribution in [3.8, 4) is 5.75 Å². The van der Waals surface area contributed by atoms with Gasteiger partial charge >= 0.3 is 0 Å². The van der Waals surface area contributed by atoms with Crippen molar-refractivity contribution < 1.29 is 9.94 Å². The number of ether oxygens (including phenoxy) is 1. The highest BCUT2D eigenvalue weighted by molar-refractivity contribution is 5.97. The second kappa shape index (κ2) is 7.31. The highest BCUT2D eigenvalue weighted by Gasteiger charge is 2.24. The van der Waals surface area contributed by atoms with E-state index >= 15 is 0 Å². The van der Waals surface area contributed by atoms with E-state index in [0.717, 1.165) is 24.1 Å². The summed E-state index contributed by atoms with van der Waals surface area (Å²) in [5.41, 5.74) is 6.20. The van der Waals surface area contributed by atoms with Crippen LogP contribution in [0.2, 0.25) is 0 Å². The van der Waals surface area contributed by atoms with E-state index in [0.29, 0.717) is 12.2 Å². The van der Waals surface area contributed by atoms with Crippen LogP contribution in [0, 0.1) is 11.8 Å². The lowest BCUT2D eigenvalue weighted by molar-refractivity contribution is 0.227. The predicted octanol–water partition coefficient (Wildman–Crippen LogP) is 2.14. The van der Waals surface area contributed by atoms with E-state index in [1.807, 2.05) is 12.1 Å². The van der Waals surface area contributed by atoms with Crippen molar-refractivity contribution in [3.05, 3.63) is 29.8 Å². The van der Waals surface area contributed by atoms with Crippen LogP contribution in [0.1, 0.15) is 25.8 Å². The molecule has 21 heavy (non-hydrogen) atoms. The molecule has 3 N–H and O–H groups in total. The molecule has 2 rings (SSSR count). The molecular formula is C16H25N3O2. The summed E-state index contributed by atoms with van der Waals surface area (Å²) in [5.74, 6) is 2.51. The Balaban J connectivity index is 1.74. The second-order valence-electron chi connectivity index (χ2n) is 5.95. The van der Waals surface area contributed by atoms with Crippen molar-refractivity contribution >= 4 is 5.84 Å². The van der Waals surface area contributed by atoms with E-state index in [-0.39, 0.29) is 5.84 Å². The Kier molecular flexibility index (Phi) is 5.44. The van der Waals surface area contributed by atoms with Crippen molar-refractivity contribution in [3.63, 3.8) is 0 Å². The SMILES string of the molecule is CC(C)C1CCN(CCOc2ccc(/C(N)=N/O)cc2)C1. The highest BCUT2D eigenvalue weighted by Crippen LogP contribution is 2.23. The molecule has 0 bridgehead atoms. The van der Waals surface area contributed by atoms with Crippen LogP contribution >= 0.6 is 0 Å². The minimum absolute atomic E-state index is 0.110. The lowest BCUT2D eigenvalue weighted by Gasteiger charge is -2.18. The summed E-state index contributed by atoms with van der Waals surface area (Å²) in [4.78, 5) is 2.47. The van der Waals surface area contributed by atoms with Gasteiger partial charge in [0.2, 0.25) is 0 Å². The monoisotopic (exact) mass is 291 g/mol. The zero-order valence-electron chi connectivity index (χ0n) is 12.8. The van der Waals surface area contributed by atoms with Gasteiger partial charge in [-0.15, -0.1) is 0 Å². The Morgan fingerprint density at radius 2 is 2.14 bits per heavy atom. The van der Waals surface area contributed by atoms with Gasteiger partial charge in [-0.3, -0.25) is 4.90 Å². The van der Waals surface area contributed by atoms with Crippen LogP contribution in [0.5, 0.6) is 5.75 Å². The largest absolute Gasteiger partial charge is 0.492 e. The molecule has 1 unspecified atom stereocenters. The Morgan fingerprint density at radius 3 is 2.71 bits per heavy atom. The molecule has 0 saturated carbocycles. The molecule has 1 aliphatic heterocycles. The van der Waals surface area contributed by atoms with Crippen LogP contribution in [0.3, 0.4) is 0 Å². The number of amidine groups is 1. The van der Waals surface area contributed by atoms with Crippen LogP contribution in [-0.4, -0.2) is 42.2 Å². The smallest absolute Gasteiger partial charge is 0.170 e. The summed E-state index contributed by atoms with van der Waals surface area (Å²) >= 11 is 0. The molecule has 0 aliphatic carbocycles. The third-order valence-corrected chi connectivity index (χ3v) is 4.19. The van der Waals surface area contributed by atoms with Crippen LogP contribution in [0.4, 0.5) is 0 Å². The van der Waals surface area contributed by atoms with E-state index in [9.17, 15) is 0 Å². The number of oxime groups is 1. The van der Waals surface area contributed by atoms with Crippen molar-refractivity contribution in [2.24, 2.45) is 22.7 Å². The molecule has 1 saturated heterocycles. The first-order chi connectivity index (χ1) is 10.1. The number of likely N-dealkylation sites (tertiary alicyclic amines) is 1. The van der Waals surface area contributed by atoms with Gasteiger partial charge in [0.25, 0.3) is 0 Å². The zero-order chi connectivity index (χ0) is 15.2. The standard InChI is InChI=1S/C16H25N3O2/c1-12(2)14-7-8-19(11-14)9-10-21-15-5-3-13(4-6-15)16(17)18-20/h3-6,12,14,20H,7-11H2,1-2H3,(H2,17,18). The third kappa shape index (κ3) is 4.36. The topological polar surface area (TPSA) is 71.1 Å². The maximum Gasteiger partial charge on any atom is 0.170 e. The van der Waals surface area contributed by atoms with Gasteiger partial charge < -0.3 is 15.7 Å². The molecule has 0 amide bonds. The van der Waals surface area contributed by atoms with Gasteiger partial charge in [-0.1, -0.05) is 19.0 Å². The van der Waals surface area contributed by atoms with Crippen molar-refractivity contribution in [1.82, 2.24) is 4.90 Å². The molecule has 1 aromatic carbocycles. The maximum absolute atomic E-state index is 8.61. The van der Waals surface area contributed by atoms with Crippen LogP contribution in [-0.2, 0) is 0 Å². The number of hydrogen-bond donors (Lipinski definition) is 2. The van der Waals surface area contributed by atoms with E-state index in [2.05, 4.69) is 23.9 Å². The quantitative estimate of drug-likeness (QED) is 0.364. The minimum Gasteiger partial charge on any atom is -0.492 e. The summed E-state index contributed by atoms with van der Waals surface area (Å²) in [7, 11) is 0. The Labute approximate surface area is 126 Å². The second-order valence-corrected chi connectivity index (χ2v) is 5.95. The Morgan fingerprint density at radius 1 is 1.43 bits per heavy atom. The summed E-state index contributed by atoms with van der Waals surface area (Å²) in [6, 6.07) is 7.26. The molecule has 1 aromatic rings. The molecular weight excluding hydrogens is 266 g/mol. The van der Waals surface area contributed by atoms with Gasteiger partial charge in [-0.25, -0.2) is 0 Å². The Bertz CT molecular complexity index is 471.